The lowest BCUT2D eigenvalue weighted by Crippen LogP contribution is -2.57. The molecule has 11 heteroatoms. The molecule has 2 aromatic carbocycles. The molecule has 0 spiro atoms. The van der Waals surface area contributed by atoms with E-state index in [2.05, 4.69) is 0 Å². The summed E-state index contributed by atoms with van der Waals surface area (Å²) in [6.07, 6.45) is -12.2. The van der Waals surface area contributed by atoms with Crippen molar-refractivity contribution in [2.24, 2.45) is 0 Å². The van der Waals surface area contributed by atoms with Crippen molar-refractivity contribution < 1.29 is 40.4 Å². The maximum atomic E-state index is 16.2. The number of rotatable bonds is 3. The molecule has 1 aliphatic heterocycles. The summed E-state index contributed by atoms with van der Waals surface area (Å²) in [6, 6.07) is 7.32. The average molecular weight is 503 g/mol. The Morgan fingerprint density at radius 3 is 2.09 bits per heavy atom. The molecule has 0 fully saturated rings. The molecule has 0 N–H and O–H groups in total. The number of fused-ring (bicyclic) bond motifs is 1. The number of nitriles is 1. The van der Waals surface area contributed by atoms with E-state index in [-0.39, 0.29) is 23.7 Å². The van der Waals surface area contributed by atoms with Crippen LogP contribution in [0.3, 0.4) is 0 Å². The summed E-state index contributed by atoms with van der Waals surface area (Å²) in [6.45, 7) is 4.43. The Labute approximate surface area is 197 Å². The van der Waals surface area contributed by atoms with Crippen molar-refractivity contribution in [2.45, 2.75) is 63.5 Å². The molecule has 0 saturated carbocycles. The van der Waals surface area contributed by atoms with E-state index in [1.165, 1.54) is 45.0 Å². The zero-order valence-electron chi connectivity index (χ0n) is 18.9. The second-order valence-electron chi connectivity index (χ2n) is 8.77. The van der Waals surface area contributed by atoms with Gasteiger partial charge in [0.25, 0.3) is 0 Å². The normalized spacial score (nSPS) is 23.4. The van der Waals surface area contributed by atoms with Gasteiger partial charge < -0.3 is 4.74 Å². The third kappa shape index (κ3) is 4.98. The highest BCUT2D eigenvalue weighted by Crippen LogP contribution is 2.50. The van der Waals surface area contributed by atoms with E-state index in [4.69, 9.17) is 4.74 Å². The summed E-state index contributed by atoms with van der Waals surface area (Å²) in [5.74, 6) is -2.46. The SMILES string of the molecule is CC(C)OC(=O)[N+]1(F)c2ccccc2C(C(C#N)c2cc(C(F)(F)F)cc(C(F)(F)F)c2)CC1C. The molecule has 0 radical (unpaired) electrons. The predicted octanol–water partition coefficient (Wildman–Crippen LogP) is 7.64. The van der Waals surface area contributed by atoms with Gasteiger partial charge in [0, 0.05) is 33.2 Å². The third-order valence-corrected chi connectivity index (χ3v) is 6.00. The van der Waals surface area contributed by atoms with Crippen LogP contribution in [-0.4, -0.2) is 18.2 Å². The summed E-state index contributed by atoms with van der Waals surface area (Å²) in [5, 5.41) is 9.89. The standard InChI is InChI=1S/C24H22F7N2O2/c1-13(2)35-22(34)33(31)14(3)8-19(18-6-4-5-7-21(18)33)20(12-32)15-9-16(23(25,26)27)11-17(10-15)24(28,29)30/h4-7,9-11,13-14,19-20H,8H2,1-3H3/q+1. The lowest BCUT2D eigenvalue weighted by atomic mass is 9.75. The first-order valence-electron chi connectivity index (χ1n) is 10.7. The van der Waals surface area contributed by atoms with Crippen molar-refractivity contribution in [2.75, 3.05) is 0 Å². The van der Waals surface area contributed by atoms with Gasteiger partial charge in [-0.2, -0.15) is 36.4 Å². The third-order valence-electron chi connectivity index (χ3n) is 6.00. The van der Waals surface area contributed by atoms with E-state index < -0.39 is 63.8 Å². The van der Waals surface area contributed by atoms with Crippen LogP contribution in [-0.2, 0) is 17.1 Å². The molecule has 1 aliphatic rings. The smallest absolute Gasteiger partial charge is 0.414 e. The summed E-state index contributed by atoms with van der Waals surface area (Å²) in [5.41, 5.74) is -3.63. The van der Waals surface area contributed by atoms with Gasteiger partial charge in [0.15, 0.2) is 5.69 Å². The van der Waals surface area contributed by atoms with Crippen LogP contribution >= 0.6 is 0 Å². The Kier molecular flexibility index (Phi) is 6.92. The molecule has 35 heavy (non-hydrogen) atoms. The molecule has 4 nitrogen and oxygen atoms in total. The highest BCUT2D eigenvalue weighted by Gasteiger charge is 2.56. The van der Waals surface area contributed by atoms with Crippen LogP contribution in [0.5, 0.6) is 0 Å². The second-order valence-corrected chi connectivity index (χ2v) is 8.77. The van der Waals surface area contributed by atoms with Crippen LogP contribution in [0, 0.1) is 11.3 Å². The molecule has 0 aliphatic carbocycles. The van der Waals surface area contributed by atoms with Gasteiger partial charge in [-0.05, 0) is 44.5 Å². The minimum atomic E-state index is -5.08. The molecule has 188 valence electrons. The Bertz CT molecular complexity index is 1120. The van der Waals surface area contributed by atoms with Crippen molar-refractivity contribution >= 4 is 11.8 Å². The van der Waals surface area contributed by atoms with Crippen LogP contribution in [0.15, 0.2) is 42.5 Å². The number of para-hydroxylation sites is 1. The minimum Gasteiger partial charge on any atom is -0.414 e. The van der Waals surface area contributed by atoms with Crippen LogP contribution in [0.1, 0.15) is 61.3 Å². The molecule has 0 aromatic heterocycles. The van der Waals surface area contributed by atoms with Gasteiger partial charge in [0.05, 0.1) is 23.1 Å². The van der Waals surface area contributed by atoms with Gasteiger partial charge in [-0.3, -0.25) is 0 Å². The zero-order valence-corrected chi connectivity index (χ0v) is 18.9. The Balaban J connectivity index is 2.18. The first-order valence-corrected chi connectivity index (χ1v) is 10.7. The lowest BCUT2D eigenvalue weighted by Gasteiger charge is -2.38. The van der Waals surface area contributed by atoms with Crippen molar-refractivity contribution in [1.29, 1.82) is 5.26 Å². The number of amides is 1. The largest absolute Gasteiger partial charge is 0.561 e. The fraction of sp³-hybridized carbons (Fsp3) is 0.417. The number of ether oxygens (including phenoxy) is 1. The van der Waals surface area contributed by atoms with Gasteiger partial charge in [-0.1, -0.05) is 18.2 Å². The zero-order chi connectivity index (χ0) is 26.3. The van der Waals surface area contributed by atoms with Crippen molar-refractivity contribution in [3.63, 3.8) is 0 Å². The average Bonchev–Trinajstić information content (AvgIpc) is 2.75. The van der Waals surface area contributed by atoms with E-state index in [0.29, 0.717) is 12.1 Å². The molecular weight excluding hydrogens is 481 g/mol. The molecule has 1 heterocycles. The van der Waals surface area contributed by atoms with E-state index in [1.54, 1.807) is 0 Å². The fourth-order valence-corrected chi connectivity index (χ4v) is 4.40. The highest BCUT2D eigenvalue weighted by molar-refractivity contribution is 5.83. The Hall–Kier alpha value is -3.13. The van der Waals surface area contributed by atoms with E-state index in [9.17, 15) is 36.4 Å². The van der Waals surface area contributed by atoms with Crippen LogP contribution in [0.4, 0.5) is 41.3 Å². The number of benzene rings is 2. The van der Waals surface area contributed by atoms with E-state index in [1.807, 2.05) is 6.07 Å². The maximum Gasteiger partial charge on any atom is 0.561 e. The fourth-order valence-electron chi connectivity index (χ4n) is 4.40. The first kappa shape index (κ1) is 26.5. The molecule has 4 unspecified atom stereocenters. The number of carbonyl (C=O) groups is 1. The summed E-state index contributed by atoms with van der Waals surface area (Å²) in [4.78, 5) is 12.7. The van der Waals surface area contributed by atoms with Gasteiger partial charge >= 0.3 is 18.4 Å². The number of hydrogen-bond acceptors (Lipinski definition) is 3. The first-order chi connectivity index (χ1) is 16.1. The second kappa shape index (κ2) is 9.15. The highest BCUT2D eigenvalue weighted by atomic mass is 19.4. The molecular formula is C24H22F7N2O2+. The summed E-state index contributed by atoms with van der Waals surface area (Å²) >= 11 is 0. The van der Waals surface area contributed by atoms with Gasteiger partial charge in [-0.25, -0.2) is 0 Å². The van der Waals surface area contributed by atoms with Gasteiger partial charge in [0.1, 0.15) is 12.1 Å². The molecule has 0 saturated heterocycles. The van der Waals surface area contributed by atoms with Crippen molar-refractivity contribution in [3.8, 4) is 6.07 Å². The van der Waals surface area contributed by atoms with Crippen LogP contribution in [0.25, 0.3) is 0 Å². The van der Waals surface area contributed by atoms with Crippen molar-refractivity contribution in [3.05, 3.63) is 64.7 Å². The van der Waals surface area contributed by atoms with Crippen LogP contribution in [0.2, 0.25) is 0 Å². The molecule has 1 amide bonds. The van der Waals surface area contributed by atoms with E-state index in [0.717, 1.165) is 0 Å². The topological polar surface area (TPSA) is 50.1 Å². The number of hydrogen-bond donors (Lipinski definition) is 0. The number of carbonyl (C=O) groups excluding carboxylic acids is 1. The maximum absolute atomic E-state index is 16.2. The number of nitrogens with zero attached hydrogens (tertiary/aromatic N) is 2. The monoisotopic (exact) mass is 503 g/mol. The summed E-state index contributed by atoms with van der Waals surface area (Å²) in [7, 11) is 0. The lowest BCUT2D eigenvalue weighted by molar-refractivity contribution is -0.143. The number of quaternary nitrogens is 1. The molecule has 2 aromatic rings. The van der Waals surface area contributed by atoms with Gasteiger partial charge in [-0.15, -0.1) is 0 Å². The number of alkyl halides is 6. The van der Waals surface area contributed by atoms with E-state index >= 15 is 4.48 Å². The van der Waals surface area contributed by atoms with Gasteiger partial charge in [0.2, 0.25) is 0 Å². The molecule has 4 atom stereocenters. The predicted molar refractivity (Wildman–Crippen MR) is 113 cm³/mol. The summed E-state index contributed by atoms with van der Waals surface area (Å²) < 4.78 is 99.8. The Morgan fingerprint density at radius 2 is 1.60 bits per heavy atom. The van der Waals surface area contributed by atoms with Crippen LogP contribution < -0.4 is 4.71 Å². The number of halogens is 7. The molecule has 0 bridgehead atoms. The Morgan fingerprint density at radius 1 is 1.06 bits per heavy atom. The van der Waals surface area contributed by atoms with Crippen molar-refractivity contribution in [1.82, 2.24) is 4.71 Å². The molecule has 3 rings (SSSR count). The minimum absolute atomic E-state index is 0.0131. The quantitative estimate of drug-likeness (QED) is 0.319.